The summed E-state index contributed by atoms with van der Waals surface area (Å²) in [7, 11) is 3.73. The van der Waals surface area contributed by atoms with Gasteiger partial charge in [-0.15, -0.1) is 0 Å². The van der Waals surface area contributed by atoms with Gasteiger partial charge in [0.15, 0.2) is 0 Å². The molecule has 3 nitrogen and oxygen atoms in total. The number of aryl methyl sites for hydroxylation is 1. The summed E-state index contributed by atoms with van der Waals surface area (Å²) in [6, 6.07) is 2.32. The monoisotopic (exact) mass is 222 g/mol. The molecule has 1 atom stereocenters. The van der Waals surface area contributed by atoms with Crippen molar-refractivity contribution >= 4 is 0 Å². The fraction of sp³-hybridized carbons (Fsp3) is 0.615. The van der Waals surface area contributed by atoms with Crippen molar-refractivity contribution < 1.29 is 4.74 Å². The fourth-order valence-electron chi connectivity index (χ4n) is 1.78. The summed E-state index contributed by atoms with van der Waals surface area (Å²) >= 11 is 0. The van der Waals surface area contributed by atoms with Gasteiger partial charge < -0.3 is 10.1 Å². The van der Waals surface area contributed by atoms with Crippen LogP contribution < -0.4 is 5.32 Å². The Labute approximate surface area is 98.2 Å². The smallest absolute Gasteiger partial charge is 0.0640 e. The Morgan fingerprint density at radius 2 is 2.19 bits per heavy atom. The summed E-state index contributed by atoms with van der Waals surface area (Å²) in [5.74, 6) is 0. The number of pyridine rings is 1. The number of nitrogens with one attached hydrogen (secondary N) is 1. The zero-order chi connectivity index (χ0) is 12.2. The van der Waals surface area contributed by atoms with Crippen molar-refractivity contribution in [2.75, 3.05) is 14.2 Å². The first kappa shape index (κ1) is 13.1. The van der Waals surface area contributed by atoms with E-state index in [0.29, 0.717) is 0 Å². The zero-order valence-electron chi connectivity index (χ0n) is 10.9. The Morgan fingerprint density at radius 1 is 1.50 bits per heavy atom. The van der Waals surface area contributed by atoms with Gasteiger partial charge in [-0.2, -0.15) is 0 Å². The summed E-state index contributed by atoms with van der Waals surface area (Å²) in [5.41, 5.74) is 2.38. The lowest BCUT2D eigenvalue weighted by atomic mass is 9.92. The molecule has 3 heteroatoms. The van der Waals surface area contributed by atoms with Gasteiger partial charge in [0, 0.05) is 25.5 Å². The molecular formula is C13H22N2O. The Bertz CT molecular complexity index is 336. The zero-order valence-corrected chi connectivity index (χ0v) is 10.9. The maximum Gasteiger partial charge on any atom is 0.0640 e. The summed E-state index contributed by atoms with van der Waals surface area (Å²) < 4.78 is 5.47. The lowest BCUT2D eigenvalue weighted by molar-refractivity contribution is 0.00738. The molecule has 0 spiro atoms. The number of aromatic nitrogens is 1. The van der Waals surface area contributed by atoms with E-state index in [-0.39, 0.29) is 11.6 Å². The third-order valence-corrected chi connectivity index (χ3v) is 3.05. The van der Waals surface area contributed by atoms with Crippen LogP contribution in [0, 0.1) is 6.92 Å². The predicted octanol–water partition coefficient (Wildman–Crippen LogP) is 2.47. The van der Waals surface area contributed by atoms with Gasteiger partial charge in [0.1, 0.15) is 0 Å². The van der Waals surface area contributed by atoms with E-state index < -0.39 is 0 Å². The molecule has 0 aliphatic heterocycles. The number of ether oxygens (including phenoxy) is 1. The van der Waals surface area contributed by atoms with Crippen LogP contribution in [0.15, 0.2) is 18.5 Å². The van der Waals surface area contributed by atoms with E-state index in [1.54, 1.807) is 7.11 Å². The summed E-state index contributed by atoms with van der Waals surface area (Å²) in [6.45, 7) is 6.31. The molecule has 1 aromatic heterocycles. The van der Waals surface area contributed by atoms with Crippen molar-refractivity contribution in [1.82, 2.24) is 10.3 Å². The first-order chi connectivity index (χ1) is 7.50. The highest BCUT2D eigenvalue weighted by Crippen LogP contribution is 2.26. The van der Waals surface area contributed by atoms with E-state index >= 15 is 0 Å². The van der Waals surface area contributed by atoms with Crippen LogP contribution in [0.4, 0.5) is 0 Å². The summed E-state index contributed by atoms with van der Waals surface area (Å²) in [6.07, 6.45) is 4.68. The molecule has 1 heterocycles. The average Bonchev–Trinajstić information content (AvgIpc) is 2.27. The number of hydrogen-bond acceptors (Lipinski definition) is 3. The van der Waals surface area contributed by atoms with Gasteiger partial charge in [0.05, 0.1) is 5.60 Å². The highest BCUT2D eigenvalue weighted by atomic mass is 16.5. The number of nitrogens with zero attached hydrogens (tertiary/aromatic N) is 1. The van der Waals surface area contributed by atoms with Crippen molar-refractivity contribution in [2.24, 2.45) is 0 Å². The quantitative estimate of drug-likeness (QED) is 0.831. The Hall–Kier alpha value is -0.930. The van der Waals surface area contributed by atoms with Crippen LogP contribution >= 0.6 is 0 Å². The molecule has 0 saturated heterocycles. The van der Waals surface area contributed by atoms with E-state index in [0.717, 1.165) is 6.42 Å². The third-order valence-electron chi connectivity index (χ3n) is 3.05. The number of rotatable bonds is 5. The average molecular weight is 222 g/mol. The van der Waals surface area contributed by atoms with Crippen molar-refractivity contribution in [3.05, 3.63) is 29.6 Å². The Balaban J connectivity index is 2.87. The fourth-order valence-corrected chi connectivity index (χ4v) is 1.78. The van der Waals surface area contributed by atoms with E-state index in [1.807, 2.05) is 25.5 Å². The normalized spacial score (nSPS) is 13.8. The molecule has 0 aliphatic rings. The summed E-state index contributed by atoms with van der Waals surface area (Å²) in [4.78, 5) is 4.19. The first-order valence-electron chi connectivity index (χ1n) is 5.63. The molecule has 1 aromatic rings. The van der Waals surface area contributed by atoms with Crippen molar-refractivity contribution in [3.63, 3.8) is 0 Å². The molecule has 1 rings (SSSR count). The largest absolute Gasteiger partial charge is 0.379 e. The van der Waals surface area contributed by atoms with Crippen molar-refractivity contribution in [2.45, 2.75) is 38.8 Å². The second-order valence-electron chi connectivity index (χ2n) is 4.74. The minimum Gasteiger partial charge on any atom is -0.379 e. The van der Waals surface area contributed by atoms with Crippen LogP contribution in [0.5, 0.6) is 0 Å². The van der Waals surface area contributed by atoms with Gasteiger partial charge in [-0.25, -0.2) is 0 Å². The van der Waals surface area contributed by atoms with Crippen LogP contribution in [0.25, 0.3) is 0 Å². The van der Waals surface area contributed by atoms with Crippen LogP contribution in [0.2, 0.25) is 0 Å². The molecule has 0 fully saturated rings. The van der Waals surface area contributed by atoms with Gasteiger partial charge >= 0.3 is 0 Å². The molecule has 0 radical (unpaired) electrons. The lowest BCUT2D eigenvalue weighted by Crippen LogP contribution is -2.30. The number of methoxy groups -OCH3 is 1. The topological polar surface area (TPSA) is 34.1 Å². The molecule has 16 heavy (non-hydrogen) atoms. The second-order valence-corrected chi connectivity index (χ2v) is 4.74. The molecule has 0 aromatic carbocycles. The van der Waals surface area contributed by atoms with Crippen LogP contribution in [0.1, 0.15) is 37.4 Å². The van der Waals surface area contributed by atoms with Gasteiger partial charge in [-0.1, -0.05) is 0 Å². The van der Waals surface area contributed by atoms with Crippen molar-refractivity contribution in [1.29, 1.82) is 0 Å². The molecule has 90 valence electrons. The van der Waals surface area contributed by atoms with Gasteiger partial charge in [-0.3, -0.25) is 4.98 Å². The molecule has 0 aliphatic carbocycles. The molecule has 0 bridgehead atoms. The Morgan fingerprint density at radius 3 is 2.69 bits per heavy atom. The van der Waals surface area contributed by atoms with E-state index in [2.05, 4.69) is 31.1 Å². The summed E-state index contributed by atoms with van der Waals surface area (Å²) in [5, 5.41) is 3.33. The molecular weight excluding hydrogens is 200 g/mol. The highest BCUT2D eigenvalue weighted by molar-refractivity contribution is 5.25. The molecule has 0 saturated carbocycles. The molecule has 1 N–H and O–H groups in total. The highest BCUT2D eigenvalue weighted by Gasteiger charge is 2.23. The Kier molecular flexibility index (Phi) is 4.44. The van der Waals surface area contributed by atoms with E-state index in [4.69, 9.17) is 4.74 Å². The van der Waals surface area contributed by atoms with Crippen molar-refractivity contribution in [3.8, 4) is 0 Å². The lowest BCUT2D eigenvalue weighted by Gasteiger charge is -2.29. The molecule has 1 unspecified atom stereocenters. The van der Waals surface area contributed by atoms with E-state index in [1.165, 1.54) is 11.1 Å². The SMILES string of the molecule is CNC(CC(C)(C)OC)c1cnccc1C. The van der Waals surface area contributed by atoms with E-state index in [9.17, 15) is 0 Å². The third kappa shape index (κ3) is 3.29. The number of hydrogen-bond donors (Lipinski definition) is 1. The minimum atomic E-state index is -0.129. The minimum absolute atomic E-state index is 0.129. The van der Waals surface area contributed by atoms with Gasteiger partial charge in [0.25, 0.3) is 0 Å². The second kappa shape index (κ2) is 5.41. The first-order valence-corrected chi connectivity index (χ1v) is 5.63. The van der Waals surface area contributed by atoms with Crippen LogP contribution in [-0.4, -0.2) is 24.7 Å². The van der Waals surface area contributed by atoms with Crippen LogP contribution in [0.3, 0.4) is 0 Å². The van der Waals surface area contributed by atoms with Gasteiger partial charge in [0.2, 0.25) is 0 Å². The standard InChI is InChI=1S/C13H22N2O/c1-10-6-7-15-9-11(10)12(14-4)8-13(2,3)16-5/h6-7,9,12,14H,8H2,1-5H3. The maximum atomic E-state index is 5.47. The van der Waals surface area contributed by atoms with Gasteiger partial charge in [-0.05, 0) is 51.4 Å². The maximum absolute atomic E-state index is 5.47. The molecule has 0 amide bonds. The van der Waals surface area contributed by atoms with Crippen LogP contribution in [-0.2, 0) is 4.74 Å². The predicted molar refractivity (Wildman–Crippen MR) is 66.5 cm³/mol.